The van der Waals surface area contributed by atoms with Crippen LogP contribution >= 0.6 is 27.5 Å². The van der Waals surface area contributed by atoms with E-state index in [0.29, 0.717) is 16.0 Å². The highest BCUT2D eigenvalue weighted by molar-refractivity contribution is 9.10. The lowest BCUT2D eigenvalue weighted by molar-refractivity contribution is 0.102. The standard InChI is InChI=1S/C12H9BrClN3O/c1-7-5-9(11(14)15-6-7)17-12(18)8-3-2-4-10(13)16-8/h2-6H,1H3,(H,17,18). The van der Waals surface area contributed by atoms with Crippen LogP contribution < -0.4 is 5.32 Å². The Bertz CT molecular complexity index is 604. The fraction of sp³-hybridized carbons (Fsp3) is 0.0833. The molecule has 1 amide bonds. The van der Waals surface area contributed by atoms with E-state index in [1.54, 1.807) is 30.5 Å². The van der Waals surface area contributed by atoms with Crippen LogP contribution in [-0.2, 0) is 0 Å². The normalized spacial score (nSPS) is 10.2. The van der Waals surface area contributed by atoms with E-state index in [-0.39, 0.29) is 11.1 Å². The number of aryl methyl sites for hydroxylation is 1. The van der Waals surface area contributed by atoms with Gasteiger partial charge in [0.2, 0.25) is 0 Å². The Hall–Kier alpha value is -1.46. The highest BCUT2D eigenvalue weighted by Crippen LogP contribution is 2.20. The van der Waals surface area contributed by atoms with Gasteiger partial charge in [0.05, 0.1) is 5.69 Å². The molecule has 0 fully saturated rings. The van der Waals surface area contributed by atoms with Gasteiger partial charge in [-0.05, 0) is 46.6 Å². The van der Waals surface area contributed by atoms with Gasteiger partial charge in [0, 0.05) is 6.20 Å². The second kappa shape index (κ2) is 5.46. The number of hydrogen-bond donors (Lipinski definition) is 1. The molecule has 0 radical (unpaired) electrons. The molecule has 0 atom stereocenters. The van der Waals surface area contributed by atoms with Crippen LogP contribution in [0, 0.1) is 6.92 Å². The number of carbonyl (C=O) groups is 1. The summed E-state index contributed by atoms with van der Waals surface area (Å²) in [6.07, 6.45) is 1.63. The number of halogens is 2. The van der Waals surface area contributed by atoms with Gasteiger partial charge < -0.3 is 5.32 Å². The van der Waals surface area contributed by atoms with Gasteiger partial charge in [0.15, 0.2) is 5.15 Å². The van der Waals surface area contributed by atoms with Crippen LogP contribution in [0.15, 0.2) is 35.1 Å². The average Bonchev–Trinajstić information content (AvgIpc) is 2.34. The molecule has 0 saturated heterocycles. The minimum atomic E-state index is -0.328. The Morgan fingerprint density at radius 2 is 2.22 bits per heavy atom. The van der Waals surface area contributed by atoms with Crippen molar-refractivity contribution in [3.05, 3.63) is 51.5 Å². The Kier molecular flexibility index (Phi) is 3.93. The van der Waals surface area contributed by atoms with E-state index in [1.165, 1.54) is 0 Å². The molecule has 6 heteroatoms. The molecular weight excluding hydrogens is 318 g/mol. The molecule has 2 aromatic heterocycles. The molecule has 2 rings (SSSR count). The lowest BCUT2D eigenvalue weighted by Crippen LogP contribution is -2.14. The van der Waals surface area contributed by atoms with Crippen LogP contribution in [0.25, 0.3) is 0 Å². The summed E-state index contributed by atoms with van der Waals surface area (Å²) in [5, 5.41) is 2.93. The van der Waals surface area contributed by atoms with Crippen LogP contribution in [0.1, 0.15) is 16.1 Å². The number of rotatable bonds is 2. The summed E-state index contributed by atoms with van der Waals surface area (Å²) in [7, 11) is 0. The topological polar surface area (TPSA) is 54.9 Å². The summed E-state index contributed by atoms with van der Waals surface area (Å²) in [6.45, 7) is 1.87. The van der Waals surface area contributed by atoms with Crippen molar-refractivity contribution < 1.29 is 4.79 Å². The van der Waals surface area contributed by atoms with Crippen molar-refractivity contribution in [1.82, 2.24) is 9.97 Å². The van der Waals surface area contributed by atoms with Crippen LogP contribution in [0.4, 0.5) is 5.69 Å². The Labute approximate surface area is 118 Å². The Morgan fingerprint density at radius 3 is 2.94 bits per heavy atom. The molecular formula is C12H9BrClN3O. The summed E-state index contributed by atoms with van der Waals surface area (Å²) in [5.74, 6) is -0.328. The van der Waals surface area contributed by atoms with Crippen molar-refractivity contribution in [2.45, 2.75) is 6.92 Å². The van der Waals surface area contributed by atoms with Gasteiger partial charge in [-0.3, -0.25) is 4.79 Å². The van der Waals surface area contributed by atoms with E-state index in [4.69, 9.17) is 11.6 Å². The number of amides is 1. The third kappa shape index (κ3) is 3.05. The molecule has 0 aliphatic carbocycles. The van der Waals surface area contributed by atoms with Crippen LogP contribution in [0.2, 0.25) is 5.15 Å². The molecule has 1 N–H and O–H groups in total. The van der Waals surface area contributed by atoms with Gasteiger partial charge in [-0.15, -0.1) is 0 Å². The maximum absolute atomic E-state index is 11.9. The molecule has 0 aliphatic heterocycles. The van der Waals surface area contributed by atoms with Gasteiger partial charge in [0.1, 0.15) is 10.3 Å². The van der Waals surface area contributed by atoms with Crippen LogP contribution in [0.3, 0.4) is 0 Å². The highest BCUT2D eigenvalue weighted by atomic mass is 79.9. The van der Waals surface area contributed by atoms with Crippen molar-refractivity contribution in [2.75, 3.05) is 5.32 Å². The number of hydrogen-bond acceptors (Lipinski definition) is 3. The second-order valence-electron chi connectivity index (χ2n) is 3.65. The number of nitrogens with one attached hydrogen (secondary N) is 1. The SMILES string of the molecule is Cc1cnc(Cl)c(NC(=O)c2cccc(Br)n2)c1. The Morgan fingerprint density at radius 1 is 1.44 bits per heavy atom. The molecule has 4 nitrogen and oxygen atoms in total. The van der Waals surface area contributed by atoms with E-state index in [9.17, 15) is 4.79 Å². The summed E-state index contributed by atoms with van der Waals surface area (Å²) in [6, 6.07) is 6.86. The molecule has 0 unspecified atom stereocenters. The number of nitrogens with zero attached hydrogens (tertiary/aromatic N) is 2. The van der Waals surface area contributed by atoms with E-state index in [2.05, 4.69) is 31.2 Å². The summed E-state index contributed by atoms with van der Waals surface area (Å²) < 4.78 is 0.601. The van der Waals surface area contributed by atoms with Gasteiger partial charge in [0.25, 0.3) is 5.91 Å². The third-order valence-corrected chi connectivity index (χ3v) is 2.91. The molecule has 2 aromatic rings. The maximum atomic E-state index is 11.9. The van der Waals surface area contributed by atoms with E-state index >= 15 is 0 Å². The molecule has 0 bridgehead atoms. The number of anilines is 1. The lowest BCUT2D eigenvalue weighted by atomic mass is 10.3. The molecule has 0 saturated carbocycles. The van der Waals surface area contributed by atoms with Crippen molar-refractivity contribution in [1.29, 1.82) is 0 Å². The number of carbonyl (C=O) groups excluding carboxylic acids is 1. The summed E-state index contributed by atoms with van der Waals surface area (Å²) in [5.41, 5.74) is 1.70. The minimum Gasteiger partial charge on any atom is -0.318 e. The van der Waals surface area contributed by atoms with Crippen molar-refractivity contribution in [3.63, 3.8) is 0 Å². The van der Waals surface area contributed by atoms with Crippen molar-refractivity contribution in [3.8, 4) is 0 Å². The molecule has 0 aromatic carbocycles. The first-order valence-corrected chi connectivity index (χ1v) is 6.29. The predicted octanol–water partition coefficient (Wildman–Crippen LogP) is 3.45. The van der Waals surface area contributed by atoms with E-state index in [1.807, 2.05) is 6.92 Å². The zero-order valence-electron chi connectivity index (χ0n) is 9.45. The summed E-state index contributed by atoms with van der Waals surface area (Å²) >= 11 is 9.12. The molecule has 0 aliphatic rings. The van der Waals surface area contributed by atoms with Gasteiger partial charge in [-0.1, -0.05) is 17.7 Å². The zero-order valence-corrected chi connectivity index (χ0v) is 11.8. The van der Waals surface area contributed by atoms with Gasteiger partial charge in [-0.2, -0.15) is 0 Å². The number of pyridine rings is 2. The molecule has 18 heavy (non-hydrogen) atoms. The maximum Gasteiger partial charge on any atom is 0.274 e. The third-order valence-electron chi connectivity index (χ3n) is 2.17. The van der Waals surface area contributed by atoms with Crippen molar-refractivity contribution in [2.24, 2.45) is 0 Å². The predicted molar refractivity (Wildman–Crippen MR) is 73.9 cm³/mol. The van der Waals surface area contributed by atoms with E-state index in [0.717, 1.165) is 5.56 Å². The van der Waals surface area contributed by atoms with Gasteiger partial charge >= 0.3 is 0 Å². The lowest BCUT2D eigenvalue weighted by Gasteiger charge is -2.07. The van der Waals surface area contributed by atoms with Crippen molar-refractivity contribution >= 4 is 39.1 Å². The van der Waals surface area contributed by atoms with Crippen LogP contribution in [0.5, 0.6) is 0 Å². The quantitative estimate of drug-likeness (QED) is 0.860. The summed E-state index contributed by atoms with van der Waals surface area (Å²) in [4.78, 5) is 20.0. The largest absolute Gasteiger partial charge is 0.318 e. The zero-order chi connectivity index (χ0) is 13.1. The smallest absolute Gasteiger partial charge is 0.274 e. The molecule has 0 spiro atoms. The van der Waals surface area contributed by atoms with E-state index < -0.39 is 0 Å². The first-order chi connectivity index (χ1) is 8.56. The Balaban J connectivity index is 2.24. The van der Waals surface area contributed by atoms with Crippen LogP contribution in [-0.4, -0.2) is 15.9 Å². The first kappa shape index (κ1) is 13.0. The average molecular weight is 327 g/mol. The first-order valence-electron chi connectivity index (χ1n) is 5.12. The molecule has 2 heterocycles. The fourth-order valence-corrected chi connectivity index (χ4v) is 1.86. The molecule has 92 valence electrons. The monoisotopic (exact) mass is 325 g/mol. The number of aromatic nitrogens is 2. The highest BCUT2D eigenvalue weighted by Gasteiger charge is 2.10. The second-order valence-corrected chi connectivity index (χ2v) is 4.82. The fourth-order valence-electron chi connectivity index (χ4n) is 1.36. The minimum absolute atomic E-state index is 0.254. The van der Waals surface area contributed by atoms with Gasteiger partial charge in [-0.25, -0.2) is 9.97 Å².